The molecular weight excluding hydrogens is 380 g/mol. The van der Waals surface area contributed by atoms with E-state index < -0.39 is 0 Å². The normalized spacial score (nSPS) is 10.4. The van der Waals surface area contributed by atoms with Gasteiger partial charge in [0.1, 0.15) is 11.5 Å². The first-order chi connectivity index (χ1) is 14.0. The second-order valence-electron chi connectivity index (χ2n) is 5.84. The molecule has 0 unspecified atom stereocenters. The molecule has 0 aromatic heterocycles. The molecule has 29 heavy (non-hydrogen) atoms. The Labute approximate surface area is 169 Å². The van der Waals surface area contributed by atoms with Crippen molar-refractivity contribution in [1.82, 2.24) is 0 Å². The van der Waals surface area contributed by atoms with Crippen molar-refractivity contribution in [1.29, 1.82) is 0 Å². The molecule has 0 saturated heterocycles. The van der Waals surface area contributed by atoms with Gasteiger partial charge in [-0.15, -0.1) is 0 Å². The van der Waals surface area contributed by atoms with E-state index in [-0.39, 0.29) is 19.0 Å². The smallest absolute Gasteiger partial charge is 0.188 e. The molecule has 0 amide bonds. The Morgan fingerprint density at radius 1 is 0.828 bits per heavy atom. The van der Waals surface area contributed by atoms with Crippen LogP contribution in [-0.2, 0) is 16.0 Å². The largest absolute Gasteiger partial charge is 0.496 e. The van der Waals surface area contributed by atoms with Gasteiger partial charge < -0.3 is 33.2 Å². The second kappa shape index (κ2) is 9.88. The van der Waals surface area contributed by atoms with Crippen molar-refractivity contribution in [2.45, 2.75) is 6.42 Å². The maximum absolute atomic E-state index is 12.2. The van der Waals surface area contributed by atoms with Gasteiger partial charge in [0.15, 0.2) is 35.6 Å². The van der Waals surface area contributed by atoms with Gasteiger partial charge in [0.25, 0.3) is 0 Å². The molecule has 0 N–H and O–H groups in total. The number of rotatable bonds is 11. The Bertz CT molecular complexity index is 904. The fraction of sp³-hybridized carbons (Fsp3) is 0.381. The molecule has 0 aliphatic rings. The third-order valence-electron chi connectivity index (χ3n) is 4.37. The molecular formula is C21H26O8. The van der Waals surface area contributed by atoms with E-state index in [0.29, 0.717) is 50.8 Å². The Morgan fingerprint density at radius 3 is 1.93 bits per heavy atom. The summed E-state index contributed by atoms with van der Waals surface area (Å²) in [6.45, 7) is 3.48. The van der Waals surface area contributed by atoms with Crippen LogP contribution in [0.1, 0.15) is 5.56 Å². The molecule has 0 atom stereocenters. The van der Waals surface area contributed by atoms with E-state index in [9.17, 15) is 4.79 Å². The molecule has 0 fully saturated rings. The van der Waals surface area contributed by atoms with E-state index >= 15 is 0 Å². The molecule has 0 aliphatic carbocycles. The highest BCUT2D eigenvalue weighted by molar-refractivity contribution is 6.07. The fourth-order valence-corrected chi connectivity index (χ4v) is 3.18. The predicted molar refractivity (Wildman–Crippen MR) is 108 cm³/mol. The van der Waals surface area contributed by atoms with Crippen molar-refractivity contribution >= 4 is 16.6 Å². The topological polar surface area (TPSA) is 81.7 Å². The summed E-state index contributed by atoms with van der Waals surface area (Å²) >= 11 is 0. The number of ketones is 1. The molecule has 8 nitrogen and oxygen atoms in total. The lowest BCUT2D eigenvalue weighted by atomic mass is 9.97. The van der Waals surface area contributed by atoms with E-state index in [2.05, 4.69) is 6.58 Å². The zero-order chi connectivity index (χ0) is 21.6. The Balaban J connectivity index is 3.11. The van der Waals surface area contributed by atoms with Crippen LogP contribution in [-0.4, -0.2) is 55.2 Å². The van der Waals surface area contributed by atoms with Gasteiger partial charge in [0, 0.05) is 25.2 Å². The van der Waals surface area contributed by atoms with Crippen molar-refractivity contribution < 1.29 is 38.0 Å². The first kappa shape index (κ1) is 22.2. The maximum Gasteiger partial charge on any atom is 0.188 e. The Kier molecular flexibility index (Phi) is 7.55. The summed E-state index contributed by atoms with van der Waals surface area (Å²) in [6.07, 6.45) is 1.22. The number of fused-ring (bicyclic) bond motifs is 1. The Morgan fingerprint density at radius 2 is 1.45 bits per heavy atom. The summed E-state index contributed by atoms with van der Waals surface area (Å²) in [4.78, 5) is 12.2. The van der Waals surface area contributed by atoms with Crippen molar-refractivity contribution in [2.24, 2.45) is 0 Å². The minimum Gasteiger partial charge on any atom is -0.496 e. The molecule has 8 heteroatoms. The molecule has 2 aromatic carbocycles. The van der Waals surface area contributed by atoms with Gasteiger partial charge in [-0.25, -0.2) is 0 Å². The summed E-state index contributed by atoms with van der Waals surface area (Å²) in [5.41, 5.74) is 0.476. The number of ether oxygens (including phenoxy) is 7. The number of methoxy groups -OCH3 is 6. The third kappa shape index (κ3) is 4.02. The fourth-order valence-electron chi connectivity index (χ4n) is 3.18. The van der Waals surface area contributed by atoms with Crippen LogP contribution in [0.2, 0.25) is 0 Å². The zero-order valence-corrected chi connectivity index (χ0v) is 17.5. The highest BCUT2D eigenvalue weighted by Gasteiger charge is 2.30. The van der Waals surface area contributed by atoms with Crippen LogP contribution in [0.3, 0.4) is 0 Å². The van der Waals surface area contributed by atoms with Crippen LogP contribution >= 0.6 is 0 Å². The highest BCUT2D eigenvalue weighted by Crippen LogP contribution is 2.55. The monoisotopic (exact) mass is 406 g/mol. The summed E-state index contributed by atoms with van der Waals surface area (Å²) < 4.78 is 38.9. The van der Waals surface area contributed by atoms with E-state index in [1.54, 1.807) is 6.07 Å². The summed E-state index contributed by atoms with van der Waals surface area (Å²) in [7, 11) is 9.04. The number of allylic oxidation sites excluding steroid dienone is 1. The molecule has 2 aromatic rings. The molecule has 0 saturated carbocycles. The van der Waals surface area contributed by atoms with Crippen molar-refractivity contribution in [3.8, 4) is 34.5 Å². The van der Waals surface area contributed by atoms with Crippen LogP contribution in [0.4, 0.5) is 0 Å². The van der Waals surface area contributed by atoms with Gasteiger partial charge in [-0.3, -0.25) is 4.79 Å². The molecule has 0 aliphatic heterocycles. The summed E-state index contributed by atoms with van der Waals surface area (Å²) in [6, 6.07) is 1.68. The number of hydrogen-bond acceptors (Lipinski definition) is 8. The van der Waals surface area contributed by atoms with Crippen molar-refractivity contribution in [3.05, 3.63) is 24.3 Å². The van der Waals surface area contributed by atoms with Gasteiger partial charge in [-0.1, -0.05) is 6.58 Å². The van der Waals surface area contributed by atoms with Crippen LogP contribution < -0.4 is 28.4 Å². The molecule has 0 bridgehead atoms. The van der Waals surface area contributed by atoms with Crippen LogP contribution in [0, 0.1) is 0 Å². The standard InChI is InChI=1S/C21H26O8/c1-8-12(22)9-13-18(26-5)16-14(24-3)10-15(25-4)20(27-6)17(16)21(28-7)19(13)29-11-23-2/h8,10H,1,9,11H2,2-7H3. The van der Waals surface area contributed by atoms with Crippen LogP contribution in [0.15, 0.2) is 18.7 Å². The van der Waals surface area contributed by atoms with Gasteiger partial charge in [0.2, 0.25) is 0 Å². The Hall–Kier alpha value is -3.13. The molecule has 0 spiro atoms. The lowest BCUT2D eigenvalue weighted by molar-refractivity contribution is -0.114. The second-order valence-corrected chi connectivity index (χ2v) is 5.84. The first-order valence-electron chi connectivity index (χ1n) is 8.69. The number of benzene rings is 2. The number of hydrogen-bond donors (Lipinski definition) is 0. The van der Waals surface area contributed by atoms with Crippen LogP contribution in [0.25, 0.3) is 10.8 Å². The number of carbonyl (C=O) groups excluding carboxylic acids is 1. The van der Waals surface area contributed by atoms with Crippen LogP contribution in [0.5, 0.6) is 34.5 Å². The van der Waals surface area contributed by atoms with E-state index in [1.165, 1.54) is 48.7 Å². The highest BCUT2D eigenvalue weighted by atomic mass is 16.7. The lowest BCUT2D eigenvalue weighted by Gasteiger charge is -2.23. The van der Waals surface area contributed by atoms with Gasteiger partial charge in [-0.05, 0) is 6.08 Å². The van der Waals surface area contributed by atoms with E-state index in [0.717, 1.165) is 0 Å². The minimum atomic E-state index is -0.216. The number of carbonyl (C=O) groups is 1. The maximum atomic E-state index is 12.2. The first-order valence-corrected chi connectivity index (χ1v) is 8.69. The average Bonchev–Trinajstić information content (AvgIpc) is 2.75. The van der Waals surface area contributed by atoms with Crippen molar-refractivity contribution in [3.63, 3.8) is 0 Å². The third-order valence-corrected chi connectivity index (χ3v) is 4.37. The average molecular weight is 406 g/mol. The lowest BCUT2D eigenvalue weighted by Crippen LogP contribution is -2.10. The molecule has 158 valence electrons. The van der Waals surface area contributed by atoms with Gasteiger partial charge >= 0.3 is 0 Å². The SMILES string of the molecule is C=CC(=O)Cc1c(OCOC)c(OC)c2c(OC)c(OC)cc(OC)c2c1OC. The van der Waals surface area contributed by atoms with Gasteiger partial charge in [-0.2, -0.15) is 0 Å². The summed E-state index contributed by atoms with van der Waals surface area (Å²) in [5.74, 6) is 2.10. The van der Waals surface area contributed by atoms with E-state index in [4.69, 9.17) is 33.2 Å². The summed E-state index contributed by atoms with van der Waals surface area (Å²) in [5, 5.41) is 1.07. The minimum absolute atomic E-state index is 0.0183. The predicted octanol–water partition coefficient (Wildman–Crippen LogP) is 3.16. The quantitative estimate of drug-likeness (QED) is 0.416. The molecule has 0 heterocycles. The van der Waals surface area contributed by atoms with Gasteiger partial charge in [0.05, 0.1) is 46.3 Å². The molecule has 0 radical (unpaired) electrons. The molecule has 2 rings (SSSR count). The van der Waals surface area contributed by atoms with E-state index in [1.807, 2.05) is 0 Å². The zero-order valence-electron chi connectivity index (χ0n) is 17.5. The van der Waals surface area contributed by atoms with Crippen molar-refractivity contribution in [2.75, 3.05) is 49.5 Å².